The quantitative estimate of drug-likeness (QED) is 0.944. The van der Waals surface area contributed by atoms with Gasteiger partial charge in [0.15, 0.2) is 0 Å². The molecule has 1 aliphatic rings. The van der Waals surface area contributed by atoms with Crippen LogP contribution < -0.4 is 5.32 Å². The van der Waals surface area contributed by atoms with Crippen LogP contribution in [0.5, 0.6) is 0 Å². The van der Waals surface area contributed by atoms with Crippen molar-refractivity contribution in [1.29, 1.82) is 0 Å². The van der Waals surface area contributed by atoms with Crippen molar-refractivity contribution in [2.24, 2.45) is 5.92 Å². The van der Waals surface area contributed by atoms with Gasteiger partial charge in [0, 0.05) is 24.8 Å². The first-order chi connectivity index (χ1) is 11.1. The molecule has 3 rings (SSSR count). The van der Waals surface area contributed by atoms with Gasteiger partial charge in [-0.1, -0.05) is 25.1 Å². The first-order valence-corrected chi connectivity index (χ1v) is 8.07. The van der Waals surface area contributed by atoms with Gasteiger partial charge in [0.1, 0.15) is 17.8 Å². The summed E-state index contributed by atoms with van der Waals surface area (Å²) in [4.78, 5) is 22.9. The number of carbonyl (C=O) groups excluding carboxylic acids is 1. The molecule has 1 aromatic heterocycles. The molecule has 5 nitrogen and oxygen atoms in total. The lowest BCUT2D eigenvalue weighted by atomic mass is 9.99. The highest BCUT2D eigenvalue weighted by atomic mass is 16.2. The van der Waals surface area contributed by atoms with E-state index in [1.54, 1.807) is 6.07 Å². The van der Waals surface area contributed by atoms with E-state index in [1.807, 2.05) is 36.1 Å². The number of likely N-dealkylation sites (tertiary alicyclic amines) is 1. The molecule has 0 saturated carbocycles. The Labute approximate surface area is 136 Å². The molecule has 1 aromatic carbocycles. The number of benzene rings is 1. The van der Waals surface area contributed by atoms with Gasteiger partial charge in [-0.15, -0.1) is 0 Å². The second-order valence-electron chi connectivity index (χ2n) is 6.20. The molecule has 1 aliphatic heterocycles. The summed E-state index contributed by atoms with van der Waals surface area (Å²) in [6, 6.07) is 9.71. The molecule has 2 heterocycles. The average Bonchev–Trinajstić information content (AvgIpc) is 2.57. The highest BCUT2D eigenvalue weighted by Crippen LogP contribution is 2.20. The Bertz CT molecular complexity index is 693. The molecule has 0 aliphatic carbocycles. The van der Waals surface area contributed by atoms with Crippen LogP contribution in [0.25, 0.3) is 0 Å². The summed E-state index contributed by atoms with van der Waals surface area (Å²) in [5.74, 6) is 1.33. The zero-order valence-electron chi connectivity index (χ0n) is 13.6. The molecule has 0 bridgehead atoms. The first kappa shape index (κ1) is 15.5. The van der Waals surface area contributed by atoms with E-state index in [4.69, 9.17) is 0 Å². The molecule has 0 atom stereocenters. The number of aromatic nitrogens is 2. The number of carbonyl (C=O) groups is 1. The number of rotatable bonds is 3. The Morgan fingerprint density at radius 2 is 1.96 bits per heavy atom. The van der Waals surface area contributed by atoms with Gasteiger partial charge in [-0.25, -0.2) is 9.97 Å². The minimum Gasteiger partial charge on any atom is -0.340 e. The van der Waals surface area contributed by atoms with Crippen LogP contribution >= 0.6 is 0 Å². The van der Waals surface area contributed by atoms with Crippen LogP contribution in [0.15, 0.2) is 36.7 Å². The third-order valence-electron chi connectivity index (χ3n) is 4.36. The summed E-state index contributed by atoms with van der Waals surface area (Å²) in [5.41, 5.74) is 2.56. The van der Waals surface area contributed by atoms with Crippen LogP contribution in [-0.2, 0) is 0 Å². The third kappa shape index (κ3) is 3.67. The molecule has 1 N–H and O–H groups in total. The van der Waals surface area contributed by atoms with Crippen molar-refractivity contribution < 1.29 is 4.79 Å². The van der Waals surface area contributed by atoms with Crippen molar-refractivity contribution in [3.63, 3.8) is 0 Å². The third-order valence-corrected chi connectivity index (χ3v) is 4.36. The van der Waals surface area contributed by atoms with Crippen LogP contribution in [0.2, 0.25) is 0 Å². The molecule has 1 saturated heterocycles. The topological polar surface area (TPSA) is 58.1 Å². The van der Waals surface area contributed by atoms with Gasteiger partial charge < -0.3 is 10.2 Å². The number of piperidine rings is 1. The molecule has 1 fully saturated rings. The maximum absolute atomic E-state index is 12.6. The lowest BCUT2D eigenvalue weighted by Gasteiger charge is -2.30. The molecule has 1 amide bonds. The molecule has 120 valence electrons. The van der Waals surface area contributed by atoms with Gasteiger partial charge in [-0.2, -0.15) is 0 Å². The molecule has 23 heavy (non-hydrogen) atoms. The van der Waals surface area contributed by atoms with Crippen LogP contribution in [0.4, 0.5) is 11.5 Å². The minimum atomic E-state index is -0.00728. The summed E-state index contributed by atoms with van der Waals surface area (Å²) in [7, 11) is 0. The van der Waals surface area contributed by atoms with Crippen molar-refractivity contribution in [2.75, 3.05) is 18.4 Å². The Hall–Kier alpha value is -2.43. The summed E-state index contributed by atoms with van der Waals surface area (Å²) in [5, 5.41) is 3.26. The van der Waals surface area contributed by atoms with Crippen molar-refractivity contribution >= 4 is 17.4 Å². The summed E-state index contributed by atoms with van der Waals surface area (Å²) in [6.07, 6.45) is 3.57. The number of hydrogen-bond acceptors (Lipinski definition) is 4. The van der Waals surface area contributed by atoms with Gasteiger partial charge in [0.05, 0.1) is 0 Å². The number of nitrogens with one attached hydrogen (secondary N) is 1. The lowest BCUT2D eigenvalue weighted by molar-refractivity contribution is 0.0691. The van der Waals surface area contributed by atoms with Gasteiger partial charge >= 0.3 is 0 Å². The van der Waals surface area contributed by atoms with Gasteiger partial charge in [-0.05, 0) is 37.3 Å². The van der Waals surface area contributed by atoms with Crippen LogP contribution in [0.3, 0.4) is 0 Å². The van der Waals surface area contributed by atoms with Crippen molar-refractivity contribution in [1.82, 2.24) is 14.9 Å². The van der Waals surface area contributed by atoms with Crippen molar-refractivity contribution in [3.05, 3.63) is 47.9 Å². The fraction of sp³-hybridized carbons (Fsp3) is 0.389. The predicted molar refractivity (Wildman–Crippen MR) is 90.8 cm³/mol. The molecule has 5 heteroatoms. The predicted octanol–water partition coefficient (Wildman–Crippen LogP) is 3.40. The normalized spacial score (nSPS) is 15.5. The van der Waals surface area contributed by atoms with Crippen molar-refractivity contribution in [2.45, 2.75) is 26.7 Å². The fourth-order valence-corrected chi connectivity index (χ4v) is 2.77. The van der Waals surface area contributed by atoms with Gasteiger partial charge in [0.25, 0.3) is 5.91 Å². The maximum Gasteiger partial charge on any atom is 0.272 e. The Morgan fingerprint density at radius 3 is 2.70 bits per heavy atom. The molecule has 0 unspecified atom stereocenters. The van der Waals surface area contributed by atoms with Gasteiger partial charge in [0.2, 0.25) is 0 Å². The molecular formula is C18H22N4O. The van der Waals surface area contributed by atoms with E-state index in [0.717, 1.165) is 37.2 Å². The van der Waals surface area contributed by atoms with E-state index >= 15 is 0 Å². The first-order valence-electron chi connectivity index (χ1n) is 8.07. The van der Waals surface area contributed by atoms with Crippen LogP contribution in [0.1, 0.15) is 35.8 Å². The van der Waals surface area contributed by atoms with Crippen LogP contribution in [0, 0.1) is 12.8 Å². The highest BCUT2D eigenvalue weighted by molar-refractivity contribution is 5.93. The fourth-order valence-electron chi connectivity index (χ4n) is 2.77. The van der Waals surface area contributed by atoms with E-state index in [0.29, 0.717) is 17.4 Å². The maximum atomic E-state index is 12.6. The molecule has 0 spiro atoms. The zero-order chi connectivity index (χ0) is 16.2. The Kier molecular flexibility index (Phi) is 4.55. The van der Waals surface area contributed by atoms with Crippen molar-refractivity contribution in [3.8, 4) is 0 Å². The highest BCUT2D eigenvalue weighted by Gasteiger charge is 2.22. The number of amides is 1. The lowest BCUT2D eigenvalue weighted by Crippen LogP contribution is -2.38. The Balaban J connectivity index is 1.75. The summed E-state index contributed by atoms with van der Waals surface area (Å²) in [6.45, 7) is 5.89. The SMILES string of the molecule is Cc1ccccc1Nc1cc(C(=O)N2CCC(C)CC2)ncn1. The summed E-state index contributed by atoms with van der Waals surface area (Å²) < 4.78 is 0. The zero-order valence-corrected chi connectivity index (χ0v) is 13.6. The van der Waals surface area contributed by atoms with E-state index in [9.17, 15) is 4.79 Å². The van der Waals surface area contributed by atoms with E-state index in [1.165, 1.54) is 6.33 Å². The smallest absolute Gasteiger partial charge is 0.272 e. The molecular weight excluding hydrogens is 288 g/mol. The Morgan fingerprint density at radius 1 is 1.22 bits per heavy atom. The number of para-hydroxylation sites is 1. The minimum absolute atomic E-state index is 0.00728. The average molecular weight is 310 g/mol. The number of nitrogens with zero attached hydrogens (tertiary/aromatic N) is 3. The number of aryl methyl sites for hydroxylation is 1. The van der Waals surface area contributed by atoms with E-state index in [-0.39, 0.29) is 5.91 Å². The standard InChI is InChI=1S/C18H22N4O/c1-13-7-9-22(10-8-13)18(23)16-11-17(20-12-19-16)21-15-6-4-3-5-14(15)2/h3-6,11-13H,7-10H2,1-2H3,(H,19,20,21). The van der Waals surface area contributed by atoms with Gasteiger partial charge in [-0.3, -0.25) is 4.79 Å². The second-order valence-corrected chi connectivity index (χ2v) is 6.20. The largest absolute Gasteiger partial charge is 0.340 e. The molecule has 0 radical (unpaired) electrons. The molecule has 2 aromatic rings. The number of anilines is 2. The summed E-state index contributed by atoms with van der Waals surface area (Å²) >= 11 is 0. The number of hydrogen-bond donors (Lipinski definition) is 1. The van der Waals surface area contributed by atoms with E-state index < -0.39 is 0 Å². The van der Waals surface area contributed by atoms with Crippen LogP contribution in [-0.4, -0.2) is 33.9 Å². The second kappa shape index (κ2) is 6.77. The van der Waals surface area contributed by atoms with E-state index in [2.05, 4.69) is 22.2 Å². The monoisotopic (exact) mass is 310 g/mol.